The van der Waals surface area contributed by atoms with Crippen LogP contribution in [0.3, 0.4) is 0 Å². The Labute approximate surface area is 94.4 Å². The van der Waals surface area contributed by atoms with E-state index in [4.69, 9.17) is 11.6 Å². The number of rotatable bonds is 3. The van der Waals surface area contributed by atoms with Crippen LogP contribution in [-0.2, 0) is 0 Å². The lowest BCUT2D eigenvalue weighted by Crippen LogP contribution is -2.13. The van der Waals surface area contributed by atoms with Gasteiger partial charge in [0.15, 0.2) is 0 Å². The van der Waals surface area contributed by atoms with E-state index >= 15 is 0 Å². The van der Waals surface area contributed by atoms with Crippen LogP contribution in [0.5, 0.6) is 0 Å². The molecular weight excluding hydrogens is 192 g/mol. The highest BCUT2D eigenvalue weighted by Crippen LogP contribution is 2.35. The van der Waals surface area contributed by atoms with E-state index in [0.29, 0.717) is 5.38 Å². The van der Waals surface area contributed by atoms with Crippen molar-refractivity contribution in [3.8, 4) is 0 Å². The van der Waals surface area contributed by atoms with Crippen molar-refractivity contribution in [3.63, 3.8) is 0 Å². The summed E-state index contributed by atoms with van der Waals surface area (Å²) in [5.41, 5.74) is 0. The molecule has 1 fully saturated rings. The predicted octanol–water partition coefficient (Wildman–Crippen LogP) is 4.86. The van der Waals surface area contributed by atoms with Crippen molar-refractivity contribution < 1.29 is 0 Å². The molecule has 0 spiro atoms. The van der Waals surface area contributed by atoms with Crippen LogP contribution in [0, 0.1) is 17.8 Å². The minimum absolute atomic E-state index is 0.431. The van der Waals surface area contributed by atoms with Crippen molar-refractivity contribution >= 4 is 11.6 Å². The molecule has 1 saturated carbocycles. The maximum Gasteiger partial charge on any atom is 0.0361 e. The smallest absolute Gasteiger partial charge is 0.0361 e. The molecule has 84 valence electrons. The summed E-state index contributed by atoms with van der Waals surface area (Å²) in [5.74, 6) is 2.62. The molecule has 1 rings (SSSR count). The van der Waals surface area contributed by atoms with Gasteiger partial charge in [0.2, 0.25) is 0 Å². The molecular formula is C13H25Cl. The topological polar surface area (TPSA) is 0 Å². The standard InChI is InChI=1S/C13H25Cl/c1-4-13(14)12-7-5-6-11(8-9-12)10(2)3/h10-13H,4-9H2,1-3H3. The molecule has 3 atom stereocenters. The lowest BCUT2D eigenvalue weighted by atomic mass is 9.88. The lowest BCUT2D eigenvalue weighted by Gasteiger charge is -2.20. The molecule has 0 saturated heterocycles. The summed E-state index contributed by atoms with van der Waals surface area (Å²) in [6.07, 6.45) is 8.11. The predicted molar refractivity (Wildman–Crippen MR) is 64.8 cm³/mol. The molecule has 0 aliphatic heterocycles. The van der Waals surface area contributed by atoms with Crippen molar-refractivity contribution in [1.82, 2.24) is 0 Å². The van der Waals surface area contributed by atoms with Gasteiger partial charge in [-0.3, -0.25) is 0 Å². The van der Waals surface area contributed by atoms with Crippen LogP contribution in [0.25, 0.3) is 0 Å². The second kappa shape index (κ2) is 6.00. The van der Waals surface area contributed by atoms with Crippen LogP contribution in [0.2, 0.25) is 0 Å². The van der Waals surface area contributed by atoms with E-state index in [1.807, 2.05) is 0 Å². The first-order valence-electron chi connectivity index (χ1n) is 6.29. The molecule has 0 aromatic rings. The van der Waals surface area contributed by atoms with E-state index in [0.717, 1.165) is 24.2 Å². The molecule has 0 amide bonds. The second-order valence-electron chi connectivity index (χ2n) is 5.20. The Morgan fingerprint density at radius 2 is 1.64 bits per heavy atom. The first-order chi connectivity index (χ1) is 6.65. The average Bonchev–Trinajstić information content (AvgIpc) is 2.41. The first kappa shape index (κ1) is 12.4. The first-order valence-corrected chi connectivity index (χ1v) is 6.72. The van der Waals surface area contributed by atoms with Crippen LogP contribution < -0.4 is 0 Å². The molecule has 0 bridgehead atoms. The maximum atomic E-state index is 6.34. The van der Waals surface area contributed by atoms with Crippen molar-refractivity contribution in [2.75, 3.05) is 0 Å². The van der Waals surface area contributed by atoms with Crippen LogP contribution >= 0.6 is 11.6 Å². The molecule has 0 aromatic carbocycles. The van der Waals surface area contributed by atoms with Gasteiger partial charge in [-0.2, -0.15) is 0 Å². The third-order valence-electron chi connectivity index (χ3n) is 3.90. The quantitative estimate of drug-likeness (QED) is 0.467. The maximum absolute atomic E-state index is 6.34. The zero-order valence-corrected chi connectivity index (χ0v) is 10.7. The average molecular weight is 217 g/mol. The van der Waals surface area contributed by atoms with Gasteiger partial charge in [0.1, 0.15) is 0 Å². The van der Waals surface area contributed by atoms with E-state index in [9.17, 15) is 0 Å². The van der Waals surface area contributed by atoms with E-state index in [-0.39, 0.29) is 0 Å². The van der Waals surface area contributed by atoms with Gasteiger partial charge in [0.25, 0.3) is 0 Å². The van der Waals surface area contributed by atoms with E-state index in [1.54, 1.807) is 0 Å². The number of hydrogen-bond donors (Lipinski definition) is 0. The zero-order valence-electron chi connectivity index (χ0n) is 9.93. The van der Waals surface area contributed by atoms with Gasteiger partial charge in [0, 0.05) is 5.38 Å². The Hall–Kier alpha value is 0.290. The normalized spacial score (nSPS) is 31.5. The highest BCUT2D eigenvalue weighted by atomic mass is 35.5. The minimum Gasteiger partial charge on any atom is -0.123 e. The van der Waals surface area contributed by atoms with Crippen LogP contribution in [0.15, 0.2) is 0 Å². The third kappa shape index (κ3) is 3.46. The summed E-state index contributed by atoms with van der Waals surface area (Å²) >= 11 is 6.34. The Balaban J connectivity index is 2.40. The number of hydrogen-bond acceptors (Lipinski definition) is 0. The molecule has 14 heavy (non-hydrogen) atoms. The minimum atomic E-state index is 0.431. The van der Waals surface area contributed by atoms with Crippen molar-refractivity contribution in [2.45, 2.75) is 64.7 Å². The molecule has 3 unspecified atom stereocenters. The fraction of sp³-hybridized carbons (Fsp3) is 1.00. The van der Waals surface area contributed by atoms with Crippen molar-refractivity contribution in [2.24, 2.45) is 17.8 Å². The van der Waals surface area contributed by atoms with Gasteiger partial charge < -0.3 is 0 Å². The van der Waals surface area contributed by atoms with Gasteiger partial charge in [-0.15, -0.1) is 11.6 Å². The fourth-order valence-corrected chi connectivity index (χ4v) is 2.97. The Bertz CT molecular complexity index is 153. The SMILES string of the molecule is CCC(Cl)C1CCCC(C(C)C)CC1. The van der Waals surface area contributed by atoms with E-state index in [2.05, 4.69) is 20.8 Å². The molecule has 1 aliphatic carbocycles. The summed E-state index contributed by atoms with van der Waals surface area (Å²) in [5, 5.41) is 0.431. The lowest BCUT2D eigenvalue weighted by molar-refractivity contribution is 0.334. The van der Waals surface area contributed by atoms with Gasteiger partial charge in [-0.1, -0.05) is 33.6 Å². The second-order valence-corrected chi connectivity index (χ2v) is 5.76. The molecule has 1 aliphatic rings. The third-order valence-corrected chi connectivity index (χ3v) is 4.57. The molecule has 0 N–H and O–H groups in total. The van der Waals surface area contributed by atoms with Crippen molar-refractivity contribution in [3.05, 3.63) is 0 Å². The van der Waals surface area contributed by atoms with E-state index < -0.39 is 0 Å². The van der Waals surface area contributed by atoms with Gasteiger partial charge in [-0.25, -0.2) is 0 Å². The highest BCUT2D eigenvalue weighted by molar-refractivity contribution is 6.20. The molecule has 0 nitrogen and oxygen atoms in total. The summed E-state index contributed by atoms with van der Waals surface area (Å²) < 4.78 is 0. The van der Waals surface area contributed by atoms with Crippen LogP contribution in [-0.4, -0.2) is 5.38 Å². The summed E-state index contributed by atoms with van der Waals surface area (Å²) in [6, 6.07) is 0. The van der Waals surface area contributed by atoms with Gasteiger partial charge in [0.05, 0.1) is 0 Å². The zero-order chi connectivity index (χ0) is 10.6. The highest BCUT2D eigenvalue weighted by Gasteiger charge is 2.24. The summed E-state index contributed by atoms with van der Waals surface area (Å²) in [6.45, 7) is 6.94. The molecule has 0 heterocycles. The van der Waals surface area contributed by atoms with Gasteiger partial charge in [-0.05, 0) is 43.4 Å². The monoisotopic (exact) mass is 216 g/mol. The van der Waals surface area contributed by atoms with Crippen molar-refractivity contribution in [1.29, 1.82) is 0 Å². The largest absolute Gasteiger partial charge is 0.123 e. The van der Waals surface area contributed by atoms with E-state index in [1.165, 1.54) is 32.1 Å². The van der Waals surface area contributed by atoms with Crippen LogP contribution in [0.1, 0.15) is 59.3 Å². The Kier molecular flexibility index (Phi) is 5.30. The molecule has 1 heteroatoms. The fourth-order valence-electron chi connectivity index (χ4n) is 2.72. The van der Waals surface area contributed by atoms with Gasteiger partial charge >= 0.3 is 0 Å². The van der Waals surface area contributed by atoms with Crippen LogP contribution in [0.4, 0.5) is 0 Å². The number of alkyl halides is 1. The Morgan fingerprint density at radius 3 is 2.21 bits per heavy atom. The molecule has 0 aromatic heterocycles. The number of halogens is 1. The summed E-state index contributed by atoms with van der Waals surface area (Å²) in [4.78, 5) is 0. The summed E-state index contributed by atoms with van der Waals surface area (Å²) in [7, 11) is 0. The molecule has 0 radical (unpaired) electrons. The Morgan fingerprint density at radius 1 is 1.07 bits per heavy atom.